The third-order valence-electron chi connectivity index (χ3n) is 6.87. The van der Waals surface area contributed by atoms with E-state index in [1.165, 1.54) is 6.07 Å². The first-order chi connectivity index (χ1) is 16.8. The molecule has 0 radical (unpaired) electrons. The van der Waals surface area contributed by atoms with Gasteiger partial charge in [-0.3, -0.25) is 14.4 Å². The van der Waals surface area contributed by atoms with Crippen LogP contribution in [-0.4, -0.2) is 73.3 Å². The SMILES string of the molecule is CN(C)c1ccc(C(=O)N2CCN3C(=O)C4=CC(c5ccccc5F)=CCC4NC(=O)C3C2)cc1. The Balaban J connectivity index is 1.37. The number of carbonyl (C=O) groups is 3. The van der Waals surface area contributed by atoms with E-state index in [2.05, 4.69) is 5.32 Å². The van der Waals surface area contributed by atoms with Gasteiger partial charge >= 0.3 is 0 Å². The number of hydrogen-bond acceptors (Lipinski definition) is 4. The molecular weight excluding hydrogens is 447 g/mol. The second kappa shape index (κ2) is 9.02. The van der Waals surface area contributed by atoms with Crippen molar-refractivity contribution in [1.29, 1.82) is 0 Å². The topological polar surface area (TPSA) is 73.0 Å². The molecular formula is C27H27FN4O3. The zero-order chi connectivity index (χ0) is 24.7. The number of anilines is 1. The highest BCUT2D eigenvalue weighted by Crippen LogP contribution is 2.31. The zero-order valence-corrected chi connectivity index (χ0v) is 19.7. The van der Waals surface area contributed by atoms with Crippen molar-refractivity contribution in [1.82, 2.24) is 15.1 Å². The molecule has 2 fully saturated rings. The molecule has 35 heavy (non-hydrogen) atoms. The van der Waals surface area contributed by atoms with Gasteiger partial charge < -0.3 is 20.0 Å². The molecule has 7 nitrogen and oxygen atoms in total. The molecule has 0 saturated carbocycles. The molecule has 2 unspecified atom stereocenters. The van der Waals surface area contributed by atoms with Gasteiger partial charge in [-0.05, 0) is 48.4 Å². The smallest absolute Gasteiger partial charge is 0.254 e. The fraction of sp³-hybridized carbons (Fsp3) is 0.296. The summed E-state index contributed by atoms with van der Waals surface area (Å²) in [5.41, 5.74) is 3.03. The van der Waals surface area contributed by atoms with E-state index in [1.54, 1.807) is 46.2 Å². The van der Waals surface area contributed by atoms with Gasteiger partial charge in [-0.15, -0.1) is 0 Å². The van der Waals surface area contributed by atoms with Crippen LogP contribution in [0.4, 0.5) is 10.1 Å². The van der Waals surface area contributed by atoms with E-state index in [1.807, 2.05) is 37.2 Å². The highest BCUT2D eigenvalue weighted by atomic mass is 19.1. The maximum absolute atomic E-state index is 14.4. The van der Waals surface area contributed by atoms with Crippen LogP contribution in [0.1, 0.15) is 22.3 Å². The maximum Gasteiger partial charge on any atom is 0.254 e. The van der Waals surface area contributed by atoms with Crippen molar-refractivity contribution in [3.05, 3.63) is 83.2 Å². The Labute approximate surface area is 203 Å². The molecule has 1 N–H and O–H groups in total. The molecule has 8 heteroatoms. The van der Waals surface area contributed by atoms with Crippen LogP contribution in [0.15, 0.2) is 66.3 Å². The molecule has 2 atom stereocenters. The second-order valence-corrected chi connectivity index (χ2v) is 9.24. The van der Waals surface area contributed by atoms with Gasteiger partial charge in [0, 0.05) is 49.6 Å². The standard InChI is InChI=1S/C27H27FN4O3/c1-30(2)19-10-7-17(8-11-19)26(34)31-13-14-32-24(16-31)25(33)29-23-12-9-18(15-21(23)27(32)35)20-5-3-4-6-22(20)28/h3-11,15,23-24H,12-14,16H2,1-2H3,(H,29,33). The van der Waals surface area contributed by atoms with Gasteiger partial charge in [0.1, 0.15) is 11.9 Å². The Morgan fingerprint density at radius 3 is 2.51 bits per heavy atom. The van der Waals surface area contributed by atoms with E-state index in [-0.39, 0.29) is 36.6 Å². The molecule has 2 saturated heterocycles. The first kappa shape index (κ1) is 22.8. The summed E-state index contributed by atoms with van der Waals surface area (Å²) in [6, 6.07) is 12.5. The summed E-state index contributed by atoms with van der Waals surface area (Å²) < 4.78 is 14.4. The second-order valence-electron chi connectivity index (χ2n) is 9.24. The summed E-state index contributed by atoms with van der Waals surface area (Å²) in [5.74, 6) is -1.06. The van der Waals surface area contributed by atoms with Crippen molar-refractivity contribution in [2.75, 3.05) is 38.6 Å². The number of benzene rings is 2. The number of nitrogens with zero attached hydrogens (tertiary/aromatic N) is 3. The van der Waals surface area contributed by atoms with Crippen LogP contribution in [0.5, 0.6) is 0 Å². The lowest BCUT2D eigenvalue weighted by Gasteiger charge is -2.39. The van der Waals surface area contributed by atoms with Crippen LogP contribution in [-0.2, 0) is 9.59 Å². The van der Waals surface area contributed by atoms with Gasteiger partial charge in [0.15, 0.2) is 0 Å². The van der Waals surface area contributed by atoms with Crippen LogP contribution < -0.4 is 10.2 Å². The lowest BCUT2D eigenvalue weighted by atomic mass is 9.90. The Hall–Kier alpha value is -3.94. The Morgan fingerprint density at radius 2 is 1.80 bits per heavy atom. The number of allylic oxidation sites excluding steroid dienone is 2. The quantitative estimate of drug-likeness (QED) is 0.742. The van der Waals surface area contributed by atoms with Gasteiger partial charge in [-0.1, -0.05) is 24.3 Å². The molecule has 5 rings (SSSR count). The summed E-state index contributed by atoms with van der Waals surface area (Å²) in [7, 11) is 3.86. The number of piperazine rings is 1. The molecule has 3 aliphatic rings. The van der Waals surface area contributed by atoms with Crippen LogP contribution in [0.25, 0.3) is 5.57 Å². The van der Waals surface area contributed by atoms with E-state index in [9.17, 15) is 18.8 Å². The highest BCUT2D eigenvalue weighted by molar-refractivity contribution is 6.04. The predicted molar refractivity (Wildman–Crippen MR) is 131 cm³/mol. The monoisotopic (exact) mass is 474 g/mol. The van der Waals surface area contributed by atoms with Crippen molar-refractivity contribution >= 4 is 29.0 Å². The van der Waals surface area contributed by atoms with Crippen molar-refractivity contribution in [2.45, 2.75) is 18.5 Å². The van der Waals surface area contributed by atoms with Crippen LogP contribution >= 0.6 is 0 Å². The number of hydrogen-bond donors (Lipinski definition) is 1. The highest BCUT2D eigenvalue weighted by Gasteiger charge is 2.43. The third kappa shape index (κ3) is 4.20. The molecule has 0 bridgehead atoms. The van der Waals surface area contributed by atoms with Crippen LogP contribution in [0, 0.1) is 5.82 Å². The van der Waals surface area contributed by atoms with Crippen molar-refractivity contribution in [3.63, 3.8) is 0 Å². The lowest BCUT2D eigenvalue weighted by Crippen LogP contribution is -2.60. The third-order valence-corrected chi connectivity index (χ3v) is 6.87. The van der Waals surface area contributed by atoms with Gasteiger partial charge in [0.2, 0.25) is 5.91 Å². The summed E-state index contributed by atoms with van der Waals surface area (Å²) in [6.45, 7) is 0.707. The fourth-order valence-corrected chi connectivity index (χ4v) is 4.88. The maximum atomic E-state index is 14.4. The average Bonchev–Trinajstić information content (AvgIpc) is 2.97. The molecule has 180 valence electrons. The molecule has 1 aliphatic carbocycles. The number of fused-ring (bicyclic) bond motifs is 2. The Bertz CT molecular complexity index is 1250. The molecule has 0 aromatic heterocycles. The van der Waals surface area contributed by atoms with Crippen molar-refractivity contribution in [2.24, 2.45) is 0 Å². The molecule has 2 aliphatic heterocycles. The Morgan fingerprint density at radius 1 is 1.06 bits per heavy atom. The number of rotatable bonds is 3. The van der Waals surface area contributed by atoms with Crippen LogP contribution in [0.3, 0.4) is 0 Å². The largest absolute Gasteiger partial charge is 0.378 e. The zero-order valence-electron chi connectivity index (χ0n) is 19.7. The minimum Gasteiger partial charge on any atom is -0.378 e. The summed E-state index contributed by atoms with van der Waals surface area (Å²) >= 11 is 0. The molecule has 2 aromatic carbocycles. The number of nitrogens with one attached hydrogen (secondary N) is 1. The van der Waals surface area contributed by atoms with E-state index in [0.717, 1.165) is 5.69 Å². The number of carbonyl (C=O) groups excluding carboxylic acids is 3. The molecule has 2 heterocycles. The van der Waals surface area contributed by atoms with Gasteiger partial charge in [-0.2, -0.15) is 0 Å². The normalized spacial score (nSPS) is 21.8. The fourth-order valence-electron chi connectivity index (χ4n) is 4.88. The van der Waals surface area contributed by atoms with E-state index in [0.29, 0.717) is 35.2 Å². The summed E-state index contributed by atoms with van der Waals surface area (Å²) in [4.78, 5) is 44.9. The summed E-state index contributed by atoms with van der Waals surface area (Å²) in [5, 5.41) is 2.96. The average molecular weight is 475 g/mol. The van der Waals surface area contributed by atoms with Gasteiger partial charge in [0.05, 0.1) is 12.6 Å². The molecule has 0 spiro atoms. The van der Waals surface area contributed by atoms with Crippen molar-refractivity contribution < 1.29 is 18.8 Å². The van der Waals surface area contributed by atoms with E-state index >= 15 is 0 Å². The number of halogens is 1. The minimum absolute atomic E-state index is 0.124. The minimum atomic E-state index is -0.773. The first-order valence-electron chi connectivity index (χ1n) is 11.7. The van der Waals surface area contributed by atoms with Crippen molar-refractivity contribution in [3.8, 4) is 0 Å². The first-order valence-corrected chi connectivity index (χ1v) is 11.7. The van der Waals surface area contributed by atoms with E-state index < -0.39 is 12.1 Å². The lowest BCUT2D eigenvalue weighted by molar-refractivity contribution is -0.138. The van der Waals surface area contributed by atoms with Crippen LogP contribution in [0.2, 0.25) is 0 Å². The Kier molecular flexibility index (Phi) is 5.88. The summed E-state index contributed by atoms with van der Waals surface area (Å²) in [6.07, 6.45) is 3.92. The number of amides is 3. The van der Waals surface area contributed by atoms with Gasteiger partial charge in [-0.25, -0.2) is 4.39 Å². The molecule has 3 amide bonds. The molecule has 2 aromatic rings. The van der Waals surface area contributed by atoms with E-state index in [4.69, 9.17) is 0 Å². The predicted octanol–water partition coefficient (Wildman–Crippen LogP) is 2.46. The van der Waals surface area contributed by atoms with Gasteiger partial charge in [0.25, 0.3) is 11.8 Å².